The van der Waals surface area contributed by atoms with Crippen molar-refractivity contribution in [1.82, 2.24) is 4.90 Å². The third kappa shape index (κ3) is 4.47. The standard InChI is InChI=1S/C20H25BrN2O2/c1-15-13-16(3-6-19(15)24)7-8-22-9-11-23(12-10-22)17-4-5-18(21)20(14-17)25-2/h3-6,13-14,24H,7-12H2,1-2H3. The molecule has 0 amide bonds. The molecule has 0 aromatic heterocycles. The highest BCUT2D eigenvalue weighted by Crippen LogP contribution is 2.30. The van der Waals surface area contributed by atoms with E-state index >= 15 is 0 Å². The molecule has 0 spiro atoms. The van der Waals surface area contributed by atoms with Gasteiger partial charge < -0.3 is 14.7 Å². The summed E-state index contributed by atoms with van der Waals surface area (Å²) in [5, 5.41) is 9.62. The van der Waals surface area contributed by atoms with Crippen molar-refractivity contribution in [1.29, 1.82) is 0 Å². The number of piperazine rings is 1. The maximum absolute atomic E-state index is 9.62. The van der Waals surface area contributed by atoms with E-state index in [2.05, 4.69) is 43.9 Å². The first-order valence-corrected chi connectivity index (χ1v) is 9.45. The molecule has 0 radical (unpaired) electrons. The van der Waals surface area contributed by atoms with Gasteiger partial charge >= 0.3 is 0 Å². The lowest BCUT2D eigenvalue weighted by Crippen LogP contribution is -2.47. The molecule has 1 N–H and O–H groups in total. The Bertz CT molecular complexity index is 728. The van der Waals surface area contributed by atoms with Crippen LogP contribution >= 0.6 is 15.9 Å². The Labute approximate surface area is 158 Å². The lowest BCUT2D eigenvalue weighted by Gasteiger charge is -2.36. The van der Waals surface area contributed by atoms with E-state index < -0.39 is 0 Å². The number of hydrogen-bond acceptors (Lipinski definition) is 4. The summed E-state index contributed by atoms with van der Waals surface area (Å²) in [5.41, 5.74) is 3.45. The Kier molecular flexibility index (Phi) is 5.86. The highest BCUT2D eigenvalue weighted by atomic mass is 79.9. The smallest absolute Gasteiger partial charge is 0.135 e. The minimum Gasteiger partial charge on any atom is -0.508 e. The maximum atomic E-state index is 9.62. The van der Waals surface area contributed by atoms with Crippen molar-refractivity contribution >= 4 is 21.6 Å². The molecular formula is C20H25BrN2O2. The second-order valence-electron chi connectivity index (χ2n) is 6.52. The normalized spacial score (nSPS) is 15.4. The Morgan fingerprint density at radius 2 is 1.84 bits per heavy atom. The Morgan fingerprint density at radius 3 is 2.52 bits per heavy atom. The van der Waals surface area contributed by atoms with Gasteiger partial charge in [0.05, 0.1) is 11.6 Å². The fraction of sp³-hybridized carbons (Fsp3) is 0.400. The molecule has 1 fully saturated rings. The van der Waals surface area contributed by atoms with Crippen molar-refractivity contribution in [2.24, 2.45) is 0 Å². The van der Waals surface area contributed by atoms with Crippen molar-refractivity contribution in [2.75, 3.05) is 44.7 Å². The van der Waals surface area contributed by atoms with Crippen LogP contribution < -0.4 is 9.64 Å². The van der Waals surface area contributed by atoms with Crippen molar-refractivity contribution < 1.29 is 9.84 Å². The number of phenols is 1. The first-order chi connectivity index (χ1) is 12.1. The summed E-state index contributed by atoms with van der Waals surface area (Å²) in [4.78, 5) is 4.92. The Hall–Kier alpha value is -1.72. The predicted octanol–water partition coefficient (Wildman–Crippen LogP) is 3.84. The third-order valence-corrected chi connectivity index (χ3v) is 5.51. The van der Waals surface area contributed by atoms with Crippen molar-refractivity contribution in [2.45, 2.75) is 13.3 Å². The molecule has 1 saturated heterocycles. The largest absolute Gasteiger partial charge is 0.508 e. The van der Waals surface area contributed by atoms with Crippen LogP contribution in [0.5, 0.6) is 11.5 Å². The van der Waals surface area contributed by atoms with E-state index in [1.165, 1.54) is 11.3 Å². The average molecular weight is 405 g/mol. The second-order valence-corrected chi connectivity index (χ2v) is 7.37. The number of methoxy groups -OCH3 is 1. The summed E-state index contributed by atoms with van der Waals surface area (Å²) in [6.07, 6.45) is 1.02. The summed E-state index contributed by atoms with van der Waals surface area (Å²) >= 11 is 3.51. The molecule has 2 aromatic carbocycles. The van der Waals surface area contributed by atoms with Crippen LogP contribution in [-0.2, 0) is 6.42 Å². The molecule has 2 aromatic rings. The van der Waals surface area contributed by atoms with Crippen LogP contribution in [0.2, 0.25) is 0 Å². The molecule has 3 rings (SSSR count). The van der Waals surface area contributed by atoms with Crippen LogP contribution in [-0.4, -0.2) is 49.8 Å². The van der Waals surface area contributed by atoms with Gasteiger partial charge in [0.2, 0.25) is 0 Å². The van der Waals surface area contributed by atoms with Gasteiger partial charge in [0.15, 0.2) is 0 Å². The number of benzene rings is 2. The molecule has 1 aliphatic heterocycles. The molecule has 134 valence electrons. The first kappa shape index (κ1) is 18.1. The predicted molar refractivity (Wildman–Crippen MR) is 106 cm³/mol. The van der Waals surface area contributed by atoms with Crippen LogP contribution in [0.25, 0.3) is 0 Å². The summed E-state index contributed by atoms with van der Waals surface area (Å²) in [6, 6.07) is 12.2. The van der Waals surface area contributed by atoms with E-state index in [9.17, 15) is 5.11 Å². The van der Waals surface area contributed by atoms with E-state index in [0.717, 1.165) is 54.9 Å². The Morgan fingerprint density at radius 1 is 1.08 bits per heavy atom. The van der Waals surface area contributed by atoms with E-state index in [0.29, 0.717) is 5.75 Å². The molecule has 1 aliphatic rings. The van der Waals surface area contributed by atoms with Crippen LogP contribution in [0.3, 0.4) is 0 Å². The summed E-state index contributed by atoms with van der Waals surface area (Å²) in [6.45, 7) is 7.19. The highest BCUT2D eigenvalue weighted by molar-refractivity contribution is 9.10. The fourth-order valence-corrected chi connectivity index (χ4v) is 3.64. The van der Waals surface area contributed by atoms with Gasteiger partial charge in [-0.05, 0) is 58.6 Å². The van der Waals surface area contributed by atoms with Crippen LogP contribution in [0.4, 0.5) is 5.69 Å². The summed E-state index contributed by atoms with van der Waals surface area (Å²) in [5.74, 6) is 1.25. The lowest BCUT2D eigenvalue weighted by atomic mass is 10.1. The molecule has 0 aliphatic carbocycles. The van der Waals surface area contributed by atoms with Crippen LogP contribution in [0.1, 0.15) is 11.1 Å². The number of nitrogens with zero attached hydrogens (tertiary/aromatic N) is 2. The number of aromatic hydroxyl groups is 1. The van der Waals surface area contributed by atoms with Gasteiger partial charge in [-0.1, -0.05) is 12.1 Å². The minimum atomic E-state index is 0.377. The zero-order valence-electron chi connectivity index (χ0n) is 14.8. The molecule has 0 bridgehead atoms. The second kappa shape index (κ2) is 8.11. The summed E-state index contributed by atoms with van der Waals surface area (Å²) in [7, 11) is 1.70. The topological polar surface area (TPSA) is 35.9 Å². The van der Waals surface area contributed by atoms with Crippen LogP contribution in [0, 0.1) is 6.92 Å². The molecular weight excluding hydrogens is 380 g/mol. The SMILES string of the molecule is COc1cc(N2CCN(CCc3ccc(O)c(C)c3)CC2)ccc1Br. The quantitative estimate of drug-likeness (QED) is 0.820. The number of phenolic OH excluding ortho intramolecular Hbond substituents is 1. The zero-order chi connectivity index (χ0) is 17.8. The molecule has 0 atom stereocenters. The minimum absolute atomic E-state index is 0.377. The van der Waals surface area contributed by atoms with Gasteiger partial charge in [0.25, 0.3) is 0 Å². The average Bonchev–Trinajstić information content (AvgIpc) is 2.63. The van der Waals surface area contributed by atoms with Crippen molar-refractivity contribution in [3.63, 3.8) is 0 Å². The van der Waals surface area contributed by atoms with Crippen molar-refractivity contribution in [3.05, 3.63) is 52.0 Å². The lowest BCUT2D eigenvalue weighted by molar-refractivity contribution is 0.261. The van der Waals surface area contributed by atoms with Crippen LogP contribution in [0.15, 0.2) is 40.9 Å². The zero-order valence-corrected chi connectivity index (χ0v) is 16.4. The monoisotopic (exact) mass is 404 g/mol. The number of hydrogen-bond donors (Lipinski definition) is 1. The van der Waals surface area contributed by atoms with Crippen molar-refractivity contribution in [3.8, 4) is 11.5 Å². The molecule has 25 heavy (non-hydrogen) atoms. The van der Waals surface area contributed by atoms with Gasteiger partial charge in [-0.2, -0.15) is 0 Å². The van der Waals surface area contributed by atoms with Gasteiger partial charge in [0, 0.05) is 44.5 Å². The number of aryl methyl sites for hydroxylation is 1. The first-order valence-electron chi connectivity index (χ1n) is 8.66. The van der Waals surface area contributed by atoms with E-state index in [-0.39, 0.29) is 0 Å². The number of ether oxygens (including phenoxy) is 1. The number of halogens is 1. The third-order valence-electron chi connectivity index (χ3n) is 4.85. The highest BCUT2D eigenvalue weighted by Gasteiger charge is 2.18. The Balaban J connectivity index is 1.52. The number of rotatable bonds is 5. The molecule has 1 heterocycles. The molecule has 0 saturated carbocycles. The molecule has 4 nitrogen and oxygen atoms in total. The van der Waals surface area contributed by atoms with E-state index in [1.54, 1.807) is 13.2 Å². The van der Waals surface area contributed by atoms with Gasteiger partial charge in [-0.15, -0.1) is 0 Å². The maximum Gasteiger partial charge on any atom is 0.135 e. The van der Waals surface area contributed by atoms with E-state index in [1.807, 2.05) is 19.1 Å². The van der Waals surface area contributed by atoms with Gasteiger partial charge in [0.1, 0.15) is 11.5 Å². The summed E-state index contributed by atoms with van der Waals surface area (Å²) < 4.78 is 6.39. The van der Waals surface area contributed by atoms with Gasteiger partial charge in [-0.25, -0.2) is 0 Å². The van der Waals surface area contributed by atoms with E-state index in [4.69, 9.17) is 4.74 Å². The fourth-order valence-electron chi connectivity index (χ4n) is 3.24. The van der Waals surface area contributed by atoms with Gasteiger partial charge in [-0.3, -0.25) is 4.90 Å². The molecule has 0 unspecified atom stereocenters. The molecule has 5 heteroatoms. The number of anilines is 1.